The molecule has 1 fully saturated rings. The number of nitrogens with one attached hydrogen (secondary N) is 1. The maximum absolute atomic E-state index is 12.9. The molecule has 1 atom stereocenters. The summed E-state index contributed by atoms with van der Waals surface area (Å²) in [4.78, 5) is 40.7. The predicted molar refractivity (Wildman–Crippen MR) is 117 cm³/mol. The zero-order chi connectivity index (χ0) is 22.7. The van der Waals surface area contributed by atoms with E-state index in [1.807, 2.05) is 0 Å². The minimum absolute atomic E-state index is 0.0950. The summed E-state index contributed by atoms with van der Waals surface area (Å²) in [6.45, 7) is 1.08. The van der Waals surface area contributed by atoms with Crippen LogP contribution in [0.4, 0.5) is 11.4 Å². The first-order valence-electron chi connectivity index (χ1n) is 10.3. The van der Waals surface area contributed by atoms with Crippen molar-refractivity contribution in [2.75, 3.05) is 50.7 Å². The first kappa shape index (κ1) is 21.5. The average Bonchev–Trinajstić information content (AvgIpc) is 3.20. The summed E-state index contributed by atoms with van der Waals surface area (Å²) >= 11 is 0. The molecule has 0 bridgehead atoms. The van der Waals surface area contributed by atoms with Gasteiger partial charge in [0.05, 0.1) is 19.6 Å². The van der Waals surface area contributed by atoms with Crippen LogP contribution in [0.15, 0.2) is 42.5 Å². The Labute approximate surface area is 185 Å². The van der Waals surface area contributed by atoms with Crippen LogP contribution in [0.3, 0.4) is 0 Å². The normalized spacial score (nSPS) is 17.1. The Morgan fingerprint density at radius 1 is 1.12 bits per heavy atom. The van der Waals surface area contributed by atoms with Crippen LogP contribution in [-0.2, 0) is 14.4 Å². The summed E-state index contributed by atoms with van der Waals surface area (Å²) < 4.78 is 16.2. The molecule has 0 spiro atoms. The molecule has 2 aliphatic rings. The molecule has 2 aliphatic heterocycles. The third-order valence-electron chi connectivity index (χ3n) is 5.44. The van der Waals surface area contributed by atoms with E-state index in [0.29, 0.717) is 41.8 Å². The lowest BCUT2D eigenvalue weighted by Crippen LogP contribution is -2.39. The minimum atomic E-state index is -0.519. The molecule has 1 N–H and O–H groups in total. The first-order chi connectivity index (χ1) is 15.4. The number of likely N-dealkylation sites (N-methyl/N-ethyl adjacent to an activating group) is 1. The van der Waals surface area contributed by atoms with Crippen molar-refractivity contribution in [3.8, 4) is 17.2 Å². The van der Waals surface area contributed by atoms with Gasteiger partial charge in [-0.05, 0) is 36.4 Å². The van der Waals surface area contributed by atoms with Crippen molar-refractivity contribution in [3.63, 3.8) is 0 Å². The molecular weight excluding hydrogens is 414 g/mol. The van der Waals surface area contributed by atoms with E-state index in [1.165, 1.54) is 4.90 Å². The number of nitrogens with zero attached hydrogens (tertiary/aromatic N) is 2. The van der Waals surface area contributed by atoms with Gasteiger partial charge in [0.1, 0.15) is 19.0 Å². The van der Waals surface area contributed by atoms with E-state index in [0.717, 1.165) is 0 Å². The molecule has 168 valence electrons. The molecule has 0 aliphatic carbocycles. The molecule has 0 saturated carbocycles. The lowest BCUT2D eigenvalue weighted by molar-refractivity contribution is -0.137. The van der Waals surface area contributed by atoms with Gasteiger partial charge in [-0.2, -0.15) is 0 Å². The highest BCUT2D eigenvalue weighted by Crippen LogP contribution is 2.36. The van der Waals surface area contributed by atoms with Gasteiger partial charge in [0.15, 0.2) is 11.5 Å². The monoisotopic (exact) mass is 439 g/mol. The van der Waals surface area contributed by atoms with E-state index >= 15 is 0 Å². The molecule has 2 heterocycles. The second kappa shape index (κ2) is 9.17. The van der Waals surface area contributed by atoms with Gasteiger partial charge in [-0.25, -0.2) is 0 Å². The van der Waals surface area contributed by atoms with E-state index < -0.39 is 5.92 Å². The Bertz CT molecular complexity index is 1020. The Hall–Kier alpha value is -3.75. The fourth-order valence-electron chi connectivity index (χ4n) is 3.80. The SMILES string of the molecule is COc1ccc(NC(=O)CN(C)C(=O)[C@@H]2CC(=O)N(c3ccc4c(c3)OCCO4)C2)cc1. The number of methoxy groups -OCH3 is 1. The largest absolute Gasteiger partial charge is 0.497 e. The van der Waals surface area contributed by atoms with Gasteiger partial charge in [0, 0.05) is 37.5 Å². The van der Waals surface area contributed by atoms with Crippen LogP contribution < -0.4 is 24.4 Å². The summed E-state index contributed by atoms with van der Waals surface area (Å²) in [5.41, 5.74) is 1.27. The fourth-order valence-corrected chi connectivity index (χ4v) is 3.80. The van der Waals surface area contributed by atoms with Crippen LogP contribution in [-0.4, -0.2) is 63.1 Å². The van der Waals surface area contributed by atoms with Gasteiger partial charge in [-0.1, -0.05) is 0 Å². The van der Waals surface area contributed by atoms with Gasteiger partial charge < -0.3 is 29.3 Å². The minimum Gasteiger partial charge on any atom is -0.497 e. The third-order valence-corrected chi connectivity index (χ3v) is 5.44. The molecular formula is C23H25N3O6. The van der Waals surface area contributed by atoms with Crippen LogP contribution in [0.2, 0.25) is 0 Å². The van der Waals surface area contributed by atoms with E-state index in [2.05, 4.69) is 5.32 Å². The molecule has 4 rings (SSSR count). The molecule has 9 heteroatoms. The molecule has 9 nitrogen and oxygen atoms in total. The van der Waals surface area contributed by atoms with Crippen molar-refractivity contribution in [1.82, 2.24) is 4.90 Å². The van der Waals surface area contributed by atoms with E-state index in [1.54, 1.807) is 61.5 Å². The number of hydrogen-bond donors (Lipinski definition) is 1. The van der Waals surface area contributed by atoms with Crippen molar-refractivity contribution in [3.05, 3.63) is 42.5 Å². The van der Waals surface area contributed by atoms with Gasteiger partial charge in [0.25, 0.3) is 0 Å². The van der Waals surface area contributed by atoms with Crippen molar-refractivity contribution < 1.29 is 28.6 Å². The molecule has 3 amide bonds. The lowest BCUT2D eigenvalue weighted by atomic mass is 10.1. The Balaban J connectivity index is 1.34. The van der Waals surface area contributed by atoms with Crippen molar-refractivity contribution in [2.24, 2.45) is 5.92 Å². The van der Waals surface area contributed by atoms with Crippen LogP contribution in [0.1, 0.15) is 6.42 Å². The van der Waals surface area contributed by atoms with Crippen LogP contribution in [0.5, 0.6) is 17.2 Å². The van der Waals surface area contributed by atoms with Crippen molar-refractivity contribution >= 4 is 29.1 Å². The summed E-state index contributed by atoms with van der Waals surface area (Å²) in [6.07, 6.45) is 0.0950. The maximum atomic E-state index is 12.9. The van der Waals surface area contributed by atoms with Crippen LogP contribution >= 0.6 is 0 Å². The molecule has 2 aromatic rings. The highest BCUT2D eigenvalue weighted by atomic mass is 16.6. The third kappa shape index (κ3) is 4.61. The zero-order valence-corrected chi connectivity index (χ0v) is 18.0. The molecule has 2 aromatic carbocycles. The Morgan fingerprint density at radius 2 is 1.84 bits per heavy atom. The number of anilines is 2. The van der Waals surface area contributed by atoms with Crippen LogP contribution in [0.25, 0.3) is 0 Å². The fraction of sp³-hybridized carbons (Fsp3) is 0.348. The van der Waals surface area contributed by atoms with Crippen LogP contribution in [0, 0.1) is 5.92 Å². The smallest absolute Gasteiger partial charge is 0.243 e. The van der Waals surface area contributed by atoms with Gasteiger partial charge in [0.2, 0.25) is 17.7 Å². The molecule has 0 radical (unpaired) electrons. The van der Waals surface area contributed by atoms with Gasteiger partial charge in [-0.15, -0.1) is 0 Å². The number of carbonyl (C=O) groups excluding carboxylic acids is 3. The first-order valence-corrected chi connectivity index (χ1v) is 10.3. The highest BCUT2D eigenvalue weighted by Gasteiger charge is 2.37. The average molecular weight is 439 g/mol. The highest BCUT2D eigenvalue weighted by molar-refractivity contribution is 6.01. The molecule has 32 heavy (non-hydrogen) atoms. The van der Waals surface area contributed by atoms with Gasteiger partial charge in [-0.3, -0.25) is 14.4 Å². The quantitative estimate of drug-likeness (QED) is 0.739. The lowest BCUT2D eigenvalue weighted by Gasteiger charge is -2.23. The number of carbonyl (C=O) groups is 3. The second-order valence-electron chi connectivity index (χ2n) is 7.70. The standard InChI is InChI=1S/C23H25N3O6/c1-25(14-21(27)24-16-3-6-18(30-2)7-4-16)23(29)15-11-22(28)26(13-15)17-5-8-19-20(12-17)32-10-9-31-19/h3-8,12,15H,9-11,13-14H2,1-2H3,(H,24,27)/t15-/m1/s1. The molecule has 1 saturated heterocycles. The van der Waals surface area contributed by atoms with Crippen molar-refractivity contribution in [2.45, 2.75) is 6.42 Å². The van der Waals surface area contributed by atoms with Gasteiger partial charge >= 0.3 is 0 Å². The number of amides is 3. The summed E-state index contributed by atoms with van der Waals surface area (Å²) in [6, 6.07) is 12.2. The van der Waals surface area contributed by atoms with E-state index in [4.69, 9.17) is 14.2 Å². The Morgan fingerprint density at radius 3 is 2.56 bits per heavy atom. The van der Waals surface area contributed by atoms with Crippen molar-refractivity contribution in [1.29, 1.82) is 0 Å². The number of rotatable bonds is 6. The molecule has 0 unspecified atom stereocenters. The van der Waals surface area contributed by atoms with E-state index in [9.17, 15) is 14.4 Å². The summed E-state index contributed by atoms with van der Waals surface area (Å²) in [7, 11) is 3.13. The number of benzene rings is 2. The second-order valence-corrected chi connectivity index (χ2v) is 7.70. The number of hydrogen-bond acceptors (Lipinski definition) is 6. The predicted octanol–water partition coefficient (Wildman–Crippen LogP) is 1.92. The molecule has 0 aromatic heterocycles. The number of ether oxygens (including phenoxy) is 3. The topological polar surface area (TPSA) is 97.4 Å². The maximum Gasteiger partial charge on any atom is 0.243 e. The summed E-state index contributed by atoms with van der Waals surface area (Å²) in [5, 5.41) is 2.75. The van der Waals surface area contributed by atoms with E-state index in [-0.39, 0.29) is 37.2 Å². The summed E-state index contributed by atoms with van der Waals surface area (Å²) in [5.74, 6) is 0.683. The Kier molecular flexibility index (Phi) is 6.16. The number of fused-ring (bicyclic) bond motifs is 1. The zero-order valence-electron chi connectivity index (χ0n) is 18.0.